The molecule has 0 saturated carbocycles. The molecule has 0 N–H and O–H groups in total. The van der Waals surface area contributed by atoms with Crippen molar-refractivity contribution in [3.05, 3.63) is 104 Å². The van der Waals surface area contributed by atoms with Crippen LogP contribution in [0.15, 0.2) is 82.4 Å². The Kier molecular flexibility index (Phi) is 3.43. The second kappa shape index (κ2) is 6.81. The Morgan fingerprint density at radius 1 is 0.500 bits per heavy atom. The summed E-state index contributed by atoms with van der Waals surface area (Å²) in [5.74, 6) is 0. The summed E-state index contributed by atoms with van der Waals surface area (Å²) in [6.07, 6.45) is 6.11. The average molecular weight is 539 g/mol. The largest absolute Gasteiger partial charge is 0.268 e. The van der Waals surface area contributed by atoms with E-state index >= 15 is 0 Å². The third-order valence-corrected chi connectivity index (χ3v) is 9.59. The van der Waals surface area contributed by atoms with Crippen molar-refractivity contribution >= 4 is 99.1 Å². The molecule has 42 heavy (non-hydrogen) atoms. The lowest BCUT2D eigenvalue weighted by Crippen LogP contribution is -2.34. The smallest absolute Gasteiger partial charge is 0.264 e. The molecule has 6 aromatic carbocycles. The molecule has 0 bridgehead atoms. The second-order valence-corrected chi connectivity index (χ2v) is 11.5. The molecule has 4 heterocycles. The standard InChI is InChI=1S/C36H18N4O2/c41-35-23-15-11-19-18-10-14-22-32-24(36(42)40-28-8-4-2-6-26(28)38-34(22)40)16-12-20(30(18)32)17-9-13-21(31(23)29(17)19)33-37-25-5-1-3-7-27(25)39(33)35/h1,3,5-16H,2,4H2. The summed E-state index contributed by atoms with van der Waals surface area (Å²) in [6.45, 7) is 0. The molecule has 4 aromatic heterocycles. The molecule has 0 atom stereocenters. The number of pyridine rings is 2. The van der Waals surface area contributed by atoms with E-state index in [2.05, 4.69) is 48.6 Å². The first kappa shape index (κ1) is 21.2. The highest BCUT2D eigenvalue weighted by atomic mass is 16.1. The van der Waals surface area contributed by atoms with Crippen LogP contribution in [0.3, 0.4) is 0 Å². The van der Waals surface area contributed by atoms with Crippen LogP contribution in [0.25, 0.3) is 99.1 Å². The molecule has 0 spiro atoms. The van der Waals surface area contributed by atoms with Crippen molar-refractivity contribution in [1.82, 2.24) is 18.8 Å². The second-order valence-electron chi connectivity index (χ2n) is 11.5. The molecule has 194 valence electrons. The van der Waals surface area contributed by atoms with Crippen molar-refractivity contribution in [2.45, 2.75) is 12.8 Å². The third kappa shape index (κ3) is 2.19. The number of hydrogen-bond acceptors (Lipinski definition) is 4. The Morgan fingerprint density at radius 3 is 1.67 bits per heavy atom. The van der Waals surface area contributed by atoms with Crippen molar-refractivity contribution in [3.63, 3.8) is 0 Å². The maximum absolute atomic E-state index is 14.0. The molecule has 6 nitrogen and oxygen atoms in total. The number of imidazole rings is 2. The molecule has 10 aromatic rings. The number of nitrogens with zero attached hydrogens (tertiary/aromatic N) is 4. The van der Waals surface area contributed by atoms with Gasteiger partial charge in [0.15, 0.2) is 0 Å². The van der Waals surface area contributed by atoms with Crippen LogP contribution in [-0.4, -0.2) is 18.8 Å². The van der Waals surface area contributed by atoms with Crippen molar-refractivity contribution in [1.29, 1.82) is 0 Å². The lowest BCUT2D eigenvalue weighted by Gasteiger charge is -2.18. The number of fused-ring (bicyclic) bond motifs is 10. The van der Waals surface area contributed by atoms with Crippen LogP contribution in [0.5, 0.6) is 0 Å². The van der Waals surface area contributed by atoms with E-state index in [4.69, 9.17) is 9.97 Å². The minimum absolute atomic E-state index is 0.0259. The minimum atomic E-state index is -0.0547. The number of rotatable bonds is 0. The van der Waals surface area contributed by atoms with Crippen molar-refractivity contribution < 1.29 is 0 Å². The fourth-order valence-electron chi connectivity index (χ4n) is 7.89. The summed E-state index contributed by atoms with van der Waals surface area (Å²) in [4.78, 5) is 37.8. The molecule has 6 heteroatoms. The fourth-order valence-corrected chi connectivity index (χ4v) is 7.89. The number of aromatic nitrogens is 4. The molecule has 1 aliphatic rings. The Labute approximate surface area is 234 Å². The average Bonchev–Trinajstić information content (AvgIpc) is 3.61. The lowest BCUT2D eigenvalue weighted by molar-refractivity contribution is 1.04. The van der Waals surface area contributed by atoms with Gasteiger partial charge in [-0.2, -0.15) is 0 Å². The summed E-state index contributed by atoms with van der Waals surface area (Å²) in [6, 6.07) is 24.4. The van der Waals surface area contributed by atoms with Gasteiger partial charge in [0.2, 0.25) is 0 Å². The molecule has 1 aliphatic carbocycles. The van der Waals surface area contributed by atoms with Crippen LogP contribution in [0.2, 0.25) is 0 Å². The van der Waals surface area contributed by atoms with E-state index in [1.807, 2.05) is 36.4 Å². The van der Waals surface area contributed by atoms with Crippen LogP contribution >= 0.6 is 0 Å². The number of para-hydroxylation sites is 2. The van der Waals surface area contributed by atoms with Gasteiger partial charge in [-0.15, -0.1) is 0 Å². The molecule has 0 aliphatic heterocycles. The number of benzene rings is 6. The quantitative estimate of drug-likeness (QED) is 0.190. The first-order valence-corrected chi connectivity index (χ1v) is 14.3. The van der Waals surface area contributed by atoms with Gasteiger partial charge in [-0.05, 0) is 81.6 Å². The summed E-state index contributed by atoms with van der Waals surface area (Å²) >= 11 is 0. The lowest BCUT2D eigenvalue weighted by atomic mass is 9.86. The maximum atomic E-state index is 14.0. The molecular weight excluding hydrogens is 520 g/mol. The van der Waals surface area contributed by atoms with Gasteiger partial charge in [0, 0.05) is 32.3 Å². The van der Waals surface area contributed by atoms with E-state index in [9.17, 15) is 9.59 Å². The Bertz CT molecular complexity index is 3100. The molecule has 0 amide bonds. The normalized spacial score (nSPS) is 14.1. The van der Waals surface area contributed by atoms with E-state index in [0.717, 1.165) is 94.1 Å². The SMILES string of the molecule is O=c1c2ccc3c4ccc5c6c(ccc(c7ccc(c2c73)c2nc3c(n12)=CCCC=3)c46)c(=O)n1c2ccccc2nc51. The first-order chi connectivity index (χ1) is 20.7. The van der Waals surface area contributed by atoms with Crippen molar-refractivity contribution in [2.24, 2.45) is 0 Å². The summed E-state index contributed by atoms with van der Waals surface area (Å²) in [5, 5.41) is 13.5. The maximum Gasteiger partial charge on any atom is 0.264 e. The van der Waals surface area contributed by atoms with Crippen LogP contribution in [-0.2, 0) is 0 Å². The summed E-state index contributed by atoms with van der Waals surface area (Å²) in [7, 11) is 0. The highest BCUT2D eigenvalue weighted by molar-refractivity contribution is 6.40. The zero-order valence-electron chi connectivity index (χ0n) is 22.1. The van der Waals surface area contributed by atoms with Crippen molar-refractivity contribution in [2.75, 3.05) is 0 Å². The molecule has 11 rings (SSSR count). The predicted molar refractivity (Wildman–Crippen MR) is 170 cm³/mol. The van der Waals surface area contributed by atoms with Gasteiger partial charge in [0.1, 0.15) is 11.3 Å². The van der Waals surface area contributed by atoms with Gasteiger partial charge in [-0.1, -0.05) is 48.6 Å². The van der Waals surface area contributed by atoms with Gasteiger partial charge in [0.05, 0.1) is 21.7 Å². The van der Waals surface area contributed by atoms with Crippen LogP contribution < -0.4 is 21.8 Å². The fraction of sp³-hybridized carbons (Fsp3) is 0.0556. The van der Waals surface area contributed by atoms with E-state index in [1.165, 1.54) is 0 Å². The predicted octanol–water partition coefficient (Wildman–Crippen LogP) is 5.44. The molecular formula is C36H18N4O2. The Hall–Kier alpha value is -5.62. The van der Waals surface area contributed by atoms with Crippen LogP contribution in [0.4, 0.5) is 0 Å². The highest BCUT2D eigenvalue weighted by Gasteiger charge is 2.23. The van der Waals surface area contributed by atoms with Gasteiger partial charge in [-0.25, -0.2) is 9.97 Å². The summed E-state index contributed by atoms with van der Waals surface area (Å²) in [5.41, 5.74) is 2.95. The van der Waals surface area contributed by atoms with E-state index < -0.39 is 0 Å². The highest BCUT2D eigenvalue weighted by Crippen LogP contribution is 2.45. The Balaban J connectivity index is 1.41. The van der Waals surface area contributed by atoms with Gasteiger partial charge in [0.25, 0.3) is 11.1 Å². The zero-order chi connectivity index (χ0) is 27.4. The topological polar surface area (TPSA) is 68.7 Å². The van der Waals surface area contributed by atoms with Gasteiger partial charge < -0.3 is 0 Å². The van der Waals surface area contributed by atoms with Crippen LogP contribution in [0, 0.1) is 0 Å². The monoisotopic (exact) mass is 538 g/mol. The van der Waals surface area contributed by atoms with E-state index in [-0.39, 0.29) is 11.1 Å². The molecule has 0 fully saturated rings. The molecule has 0 saturated heterocycles. The van der Waals surface area contributed by atoms with Gasteiger partial charge >= 0.3 is 0 Å². The van der Waals surface area contributed by atoms with Crippen LogP contribution in [0.1, 0.15) is 12.8 Å². The van der Waals surface area contributed by atoms with Crippen molar-refractivity contribution in [3.8, 4) is 0 Å². The Morgan fingerprint density at radius 2 is 1.00 bits per heavy atom. The third-order valence-electron chi connectivity index (χ3n) is 9.59. The minimum Gasteiger partial charge on any atom is -0.268 e. The molecule has 0 unspecified atom stereocenters. The molecule has 0 radical (unpaired) electrons. The first-order valence-electron chi connectivity index (χ1n) is 14.3. The zero-order valence-corrected chi connectivity index (χ0v) is 22.1. The number of hydrogen-bond donors (Lipinski definition) is 0. The van der Waals surface area contributed by atoms with E-state index in [1.54, 1.807) is 8.80 Å². The summed E-state index contributed by atoms with van der Waals surface area (Å²) < 4.78 is 3.54. The van der Waals surface area contributed by atoms with Gasteiger partial charge in [-0.3, -0.25) is 18.4 Å². The van der Waals surface area contributed by atoms with E-state index in [0.29, 0.717) is 16.4 Å².